The second-order valence-electron chi connectivity index (χ2n) is 4.21. The Morgan fingerprint density at radius 2 is 2.05 bits per heavy atom. The minimum Gasteiger partial charge on any atom is -0.303 e. The molecule has 0 radical (unpaired) electrons. The van der Waals surface area contributed by atoms with Crippen LogP contribution in [0.3, 0.4) is 0 Å². The van der Waals surface area contributed by atoms with Crippen LogP contribution in [0.2, 0.25) is 0 Å². The number of hydrogen-bond acceptors (Lipinski definition) is 2. The van der Waals surface area contributed by atoms with Crippen molar-refractivity contribution in [1.29, 1.82) is 0 Å². The fraction of sp³-hybridized carbons (Fsp3) is 0.267. The zero-order valence-corrected chi connectivity index (χ0v) is 13.9. The molecule has 0 fully saturated rings. The van der Waals surface area contributed by atoms with Gasteiger partial charge in [-0.1, -0.05) is 50.9 Å². The van der Waals surface area contributed by atoms with Crippen LogP contribution >= 0.6 is 31.9 Å². The third kappa shape index (κ3) is 3.57. The average molecular weight is 384 g/mol. The molecule has 2 nitrogen and oxygen atoms in total. The lowest BCUT2D eigenvalue weighted by molar-refractivity contribution is 0.760. The van der Waals surface area contributed by atoms with E-state index in [1.54, 1.807) is 0 Å². The van der Waals surface area contributed by atoms with Gasteiger partial charge in [-0.05, 0) is 36.8 Å². The van der Waals surface area contributed by atoms with Crippen molar-refractivity contribution in [3.63, 3.8) is 0 Å². The minimum absolute atomic E-state index is 0.253. The van der Waals surface area contributed by atoms with Crippen LogP contribution in [0.4, 0.5) is 5.69 Å². The van der Waals surface area contributed by atoms with Crippen LogP contribution in [0.15, 0.2) is 57.7 Å². The van der Waals surface area contributed by atoms with Gasteiger partial charge in [0, 0.05) is 21.2 Å². The Morgan fingerprint density at radius 1 is 1.32 bits per heavy atom. The molecule has 1 unspecified atom stereocenters. The Hall–Kier alpha value is -0.870. The van der Waals surface area contributed by atoms with Gasteiger partial charge in [-0.25, -0.2) is 0 Å². The SMILES string of the molecule is CCC1N=CN(c2ccc(Br)cc2)/C1=C/C=C\CBr. The topological polar surface area (TPSA) is 15.6 Å². The van der Waals surface area contributed by atoms with Gasteiger partial charge in [0.15, 0.2) is 0 Å². The van der Waals surface area contributed by atoms with Gasteiger partial charge in [0.2, 0.25) is 0 Å². The molecule has 0 saturated heterocycles. The summed E-state index contributed by atoms with van der Waals surface area (Å²) in [6.45, 7) is 2.16. The van der Waals surface area contributed by atoms with Gasteiger partial charge in [-0.15, -0.1) is 0 Å². The summed E-state index contributed by atoms with van der Waals surface area (Å²) >= 11 is 6.86. The molecule has 1 aromatic carbocycles. The Kier molecular flexibility index (Phi) is 5.40. The van der Waals surface area contributed by atoms with E-state index in [1.165, 1.54) is 5.70 Å². The normalized spacial score (nSPS) is 20.9. The lowest BCUT2D eigenvalue weighted by Crippen LogP contribution is -2.20. The maximum absolute atomic E-state index is 4.57. The predicted molar refractivity (Wildman–Crippen MR) is 90.2 cm³/mol. The van der Waals surface area contributed by atoms with Crippen LogP contribution in [-0.2, 0) is 0 Å². The summed E-state index contributed by atoms with van der Waals surface area (Å²) in [7, 11) is 0. The first kappa shape index (κ1) is 14.5. The van der Waals surface area contributed by atoms with E-state index in [1.807, 2.05) is 18.5 Å². The number of halogens is 2. The van der Waals surface area contributed by atoms with Gasteiger partial charge in [-0.3, -0.25) is 4.99 Å². The molecular formula is C15H16Br2N2. The van der Waals surface area contributed by atoms with E-state index in [0.717, 1.165) is 21.9 Å². The zero-order chi connectivity index (χ0) is 13.7. The summed E-state index contributed by atoms with van der Waals surface area (Å²) in [5.41, 5.74) is 2.36. The second-order valence-corrected chi connectivity index (χ2v) is 5.77. The Balaban J connectivity index is 2.28. The van der Waals surface area contributed by atoms with Gasteiger partial charge in [0.1, 0.15) is 0 Å². The molecular weight excluding hydrogens is 368 g/mol. The zero-order valence-electron chi connectivity index (χ0n) is 10.8. The van der Waals surface area contributed by atoms with E-state index in [4.69, 9.17) is 0 Å². The number of hydrogen-bond donors (Lipinski definition) is 0. The van der Waals surface area contributed by atoms with Crippen LogP contribution in [0, 0.1) is 0 Å². The molecule has 1 atom stereocenters. The van der Waals surface area contributed by atoms with Crippen LogP contribution in [0.5, 0.6) is 0 Å². The van der Waals surface area contributed by atoms with E-state index in [9.17, 15) is 0 Å². The fourth-order valence-electron chi connectivity index (χ4n) is 1.99. The highest BCUT2D eigenvalue weighted by Gasteiger charge is 2.23. The highest BCUT2D eigenvalue weighted by molar-refractivity contribution is 9.10. The number of aliphatic imine (C=N–C) groups is 1. The van der Waals surface area contributed by atoms with Gasteiger partial charge >= 0.3 is 0 Å². The van der Waals surface area contributed by atoms with Crippen molar-refractivity contribution in [3.8, 4) is 0 Å². The maximum atomic E-state index is 4.57. The van der Waals surface area contributed by atoms with E-state index in [-0.39, 0.29) is 6.04 Å². The van der Waals surface area contributed by atoms with Crippen LogP contribution in [0.25, 0.3) is 0 Å². The molecule has 1 heterocycles. The quantitative estimate of drug-likeness (QED) is 0.674. The first-order chi connectivity index (χ1) is 9.26. The van der Waals surface area contributed by atoms with Crippen molar-refractivity contribution >= 4 is 43.9 Å². The van der Waals surface area contributed by atoms with Crippen molar-refractivity contribution in [2.45, 2.75) is 19.4 Å². The number of allylic oxidation sites excluding steroid dienone is 3. The number of benzene rings is 1. The first-order valence-corrected chi connectivity index (χ1v) is 8.18. The predicted octanol–water partition coefficient (Wildman–Crippen LogP) is 4.91. The van der Waals surface area contributed by atoms with E-state index < -0.39 is 0 Å². The smallest absolute Gasteiger partial charge is 0.0946 e. The van der Waals surface area contributed by atoms with Crippen molar-refractivity contribution in [2.24, 2.45) is 4.99 Å². The molecule has 0 N–H and O–H groups in total. The Bertz CT molecular complexity index is 503. The van der Waals surface area contributed by atoms with Crippen LogP contribution in [0.1, 0.15) is 13.3 Å². The number of alkyl halides is 1. The molecule has 0 amide bonds. The van der Waals surface area contributed by atoms with Gasteiger partial charge in [-0.2, -0.15) is 0 Å². The van der Waals surface area contributed by atoms with Gasteiger partial charge < -0.3 is 4.90 Å². The molecule has 100 valence electrons. The van der Waals surface area contributed by atoms with E-state index in [0.29, 0.717) is 0 Å². The largest absolute Gasteiger partial charge is 0.303 e. The molecule has 0 saturated carbocycles. The molecule has 0 spiro atoms. The maximum Gasteiger partial charge on any atom is 0.0946 e. The monoisotopic (exact) mass is 382 g/mol. The molecule has 0 aliphatic carbocycles. The van der Waals surface area contributed by atoms with Crippen molar-refractivity contribution in [1.82, 2.24) is 0 Å². The summed E-state index contributed by atoms with van der Waals surface area (Å²) in [5.74, 6) is 0. The average Bonchev–Trinajstić information content (AvgIpc) is 2.83. The van der Waals surface area contributed by atoms with E-state index >= 15 is 0 Å². The van der Waals surface area contributed by atoms with Gasteiger partial charge in [0.05, 0.1) is 12.4 Å². The highest BCUT2D eigenvalue weighted by atomic mass is 79.9. The van der Waals surface area contributed by atoms with Crippen molar-refractivity contribution in [2.75, 3.05) is 10.2 Å². The van der Waals surface area contributed by atoms with Crippen LogP contribution in [-0.4, -0.2) is 17.7 Å². The lowest BCUT2D eigenvalue weighted by atomic mass is 10.1. The van der Waals surface area contributed by atoms with Crippen molar-refractivity contribution in [3.05, 3.63) is 52.7 Å². The van der Waals surface area contributed by atoms with Gasteiger partial charge in [0.25, 0.3) is 0 Å². The minimum atomic E-state index is 0.253. The second kappa shape index (κ2) is 7.06. The molecule has 19 heavy (non-hydrogen) atoms. The number of rotatable bonds is 4. The molecule has 4 heteroatoms. The number of nitrogens with zero attached hydrogens (tertiary/aromatic N) is 2. The van der Waals surface area contributed by atoms with Crippen LogP contribution < -0.4 is 4.90 Å². The number of anilines is 1. The lowest BCUT2D eigenvalue weighted by Gasteiger charge is -2.19. The standard InChI is InChI=1S/C15H16Br2N2/c1-2-14-15(5-3-4-10-16)19(11-18-14)13-8-6-12(17)7-9-13/h3-9,11,14H,2,10H2,1H3/b4-3-,15-5+. The molecule has 1 aromatic rings. The first-order valence-electron chi connectivity index (χ1n) is 6.27. The Morgan fingerprint density at radius 3 is 2.68 bits per heavy atom. The van der Waals surface area contributed by atoms with Crippen molar-refractivity contribution < 1.29 is 0 Å². The highest BCUT2D eigenvalue weighted by Crippen LogP contribution is 2.28. The molecule has 1 aliphatic rings. The third-order valence-corrected chi connectivity index (χ3v) is 3.87. The summed E-state index contributed by atoms with van der Waals surface area (Å²) in [5, 5.41) is 0.868. The molecule has 0 bridgehead atoms. The summed E-state index contributed by atoms with van der Waals surface area (Å²) in [6, 6.07) is 8.54. The third-order valence-electron chi connectivity index (χ3n) is 2.97. The molecule has 0 aromatic heterocycles. The summed E-state index contributed by atoms with van der Waals surface area (Å²) in [6.07, 6.45) is 9.23. The fourth-order valence-corrected chi connectivity index (χ4v) is 2.47. The summed E-state index contributed by atoms with van der Waals surface area (Å²) < 4.78 is 1.09. The van der Waals surface area contributed by atoms with E-state index in [2.05, 4.69) is 79.0 Å². The summed E-state index contributed by atoms with van der Waals surface area (Å²) in [4.78, 5) is 6.72. The molecule has 1 aliphatic heterocycles. The molecule has 2 rings (SSSR count). The Labute approximate surface area is 131 Å².